The van der Waals surface area contributed by atoms with E-state index in [4.69, 9.17) is 9.47 Å². The Labute approximate surface area is 226 Å². The number of benzene rings is 1. The lowest BCUT2D eigenvalue weighted by Gasteiger charge is -2.37. The molecule has 4 heterocycles. The largest absolute Gasteiger partial charge is 0.423 e. The second-order valence-corrected chi connectivity index (χ2v) is 9.92. The first-order valence-corrected chi connectivity index (χ1v) is 13.1. The first-order chi connectivity index (χ1) is 18.8. The quantitative estimate of drug-likeness (QED) is 0.557. The minimum atomic E-state index is -0.732. The maximum absolute atomic E-state index is 15.2. The van der Waals surface area contributed by atoms with E-state index >= 15 is 4.39 Å². The zero-order valence-electron chi connectivity index (χ0n) is 22.1. The van der Waals surface area contributed by atoms with Gasteiger partial charge in [-0.15, -0.1) is 0 Å². The molecule has 0 radical (unpaired) electrons. The van der Waals surface area contributed by atoms with Crippen LogP contribution in [-0.4, -0.2) is 111 Å². The number of carbonyl (C=O) groups is 3. The lowest BCUT2D eigenvalue weighted by atomic mass is 10.1. The molecule has 1 aromatic heterocycles. The summed E-state index contributed by atoms with van der Waals surface area (Å²) in [5.41, 5.74) is 1.25. The Balaban J connectivity index is 1.28. The van der Waals surface area contributed by atoms with Gasteiger partial charge in [0.05, 0.1) is 32.0 Å². The van der Waals surface area contributed by atoms with Crippen molar-refractivity contribution >= 4 is 29.3 Å². The predicted molar refractivity (Wildman–Crippen MR) is 142 cm³/mol. The third-order valence-electron chi connectivity index (χ3n) is 7.44. The summed E-state index contributed by atoms with van der Waals surface area (Å²) in [5, 5.41) is 3.30. The number of pyridine rings is 1. The van der Waals surface area contributed by atoms with E-state index in [0.29, 0.717) is 55.5 Å². The molecular formula is C27H33FN6O5. The second kappa shape index (κ2) is 11.6. The molecule has 1 aromatic carbocycles. The molecule has 1 N–H and O–H groups in total. The number of anilines is 2. The van der Waals surface area contributed by atoms with Gasteiger partial charge in [-0.2, -0.15) is 0 Å². The molecule has 3 aliphatic heterocycles. The first-order valence-electron chi connectivity index (χ1n) is 13.1. The van der Waals surface area contributed by atoms with E-state index in [1.54, 1.807) is 31.4 Å². The Morgan fingerprint density at radius 2 is 1.97 bits per heavy atom. The van der Waals surface area contributed by atoms with Crippen molar-refractivity contribution in [2.24, 2.45) is 0 Å². The van der Waals surface area contributed by atoms with Crippen molar-refractivity contribution in [3.63, 3.8) is 0 Å². The van der Waals surface area contributed by atoms with Crippen molar-refractivity contribution in [3.05, 3.63) is 42.3 Å². The maximum Gasteiger partial charge on any atom is 0.416 e. The van der Waals surface area contributed by atoms with Crippen LogP contribution in [0.2, 0.25) is 0 Å². The Hall–Kier alpha value is -3.61. The Morgan fingerprint density at radius 1 is 1.18 bits per heavy atom. The van der Waals surface area contributed by atoms with Crippen molar-refractivity contribution in [1.82, 2.24) is 20.1 Å². The monoisotopic (exact) mass is 540 g/mol. The number of nitrogens with one attached hydrogen (secondary N) is 1. The van der Waals surface area contributed by atoms with E-state index in [0.717, 1.165) is 19.6 Å². The van der Waals surface area contributed by atoms with Crippen LogP contribution in [0, 0.1) is 5.82 Å². The number of likely N-dealkylation sites (N-methyl/N-ethyl adjacent to an activating group) is 1. The molecule has 5 rings (SSSR count). The van der Waals surface area contributed by atoms with Crippen LogP contribution < -0.4 is 15.1 Å². The molecule has 3 aliphatic rings. The van der Waals surface area contributed by atoms with Crippen molar-refractivity contribution in [2.75, 3.05) is 75.9 Å². The fourth-order valence-electron chi connectivity index (χ4n) is 5.04. The SMILES string of the molecule is CC(=O)N(C)C1CN(c2ccc(-c3ccc(N4CCNC[C@H]4C(=O)CN4CCOCC4)nc3)c(F)c2)C(=O)O1. The van der Waals surface area contributed by atoms with Gasteiger partial charge in [-0.1, -0.05) is 0 Å². The van der Waals surface area contributed by atoms with Gasteiger partial charge in [0, 0.05) is 64.0 Å². The van der Waals surface area contributed by atoms with Crippen molar-refractivity contribution in [2.45, 2.75) is 19.2 Å². The lowest BCUT2D eigenvalue weighted by Crippen LogP contribution is -2.57. The molecule has 0 spiro atoms. The minimum absolute atomic E-state index is 0.111. The van der Waals surface area contributed by atoms with E-state index in [2.05, 4.69) is 15.2 Å². The van der Waals surface area contributed by atoms with E-state index in [9.17, 15) is 14.4 Å². The maximum atomic E-state index is 15.2. The highest BCUT2D eigenvalue weighted by Gasteiger charge is 2.36. The number of rotatable bonds is 7. The van der Waals surface area contributed by atoms with Gasteiger partial charge in [-0.3, -0.25) is 19.4 Å². The molecule has 2 amide bonds. The topological polar surface area (TPSA) is 108 Å². The summed E-state index contributed by atoms with van der Waals surface area (Å²) in [6, 6.07) is 7.77. The number of carbonyl (C=O) groups excluding carboxylic acids is 3. The number of ketones is 1. The van der Waals surface area contributed by atoms with Gasteiger partial charge in [0.1, 0.15) is 17.7 Å². The number of nitrogens with zero attached hydrogens (tertiary/aromatic N) is 5. The summed E-state index contributed by atoms with van der Waals surface area (Å²) in [7, 11) is 1.55. The van der Waals surface area contributed by atoms with Gasteiger partial charge < -0.3 is 24.6 Å². The van der Waals surface area contributed by atoms with Crippen LogP contribution in [0.3, 0.4) is 0 Å². The molecule has 1 unspecified atom stereocenters. The summed E-state index contributed by atoms with van der Waals surface area (Å²) in [6.07, 6.45) is 0.227. The average molecular weight is 541 g/mol. The molecule has 0 saturated carbocycles. The number of morpholine rings is 1. The number of hydrogen-bond donors (Lipinski definition) is 1. The smallest absolute Gasteiger partial charge is 0.416 e. The zero-order chi connectivity index (χ0) is 27.5. The van der Waals surface area contributed by atoms with Crippen molar-refractivity contribution in [1.29, 1.82) is 0 Å². The molecular weight excluding hydrogens is 507 g/mol. The molecule has 2 aromatic rings. The molecule has 12 heteroatoms. The number of ether oxygens (including phenoxy) is 2. The standard InChI is InChI=1S/C27H33FN6O5/c1-18(35)31(2)26-17-34(27(37)39-26)20-4-5-21(22(28)13-20)19-3-6-25(30-14-19)33-8-7-29-15-23(33)24(36)16-32-9-11-38-12-10-32/h3-6,13-14,23,26,29H,7-12,15-17H2,1-2H3/t23-,26?/m0/s1. The van der Waals surface area contributed by atoms with Gasteiger partial charge in [0.15, 0.2) is 12.0 Å². The number of cyclic esters (lactones) is 1. The van der Waals surface area contributed by atoms with E-state index < -0.39 is 18.1 Å². The van der Waals surface area contributed by atoms with Crippen LogP contribution >= 0.6 is 0 Å². The molecule has 208 valence electrons. The van der Waals surface area contributed by atoms with Gasteiger partial charge in [0.2, 0.25) is 5.91 Å². The zero-order valence-corrected chi connectivity index (χ0v) is 22.1. The molecule has 0 aliphatic carbocycles. The number of hydrogen-bond acceptors (Lipinski definition) is 9. The Morgan fingerprint density at radius 3 is 2.67 bits per heavy atom. The average Bonchev–Trinajstić information content (AvgIpc) is 3.34. The summed E-state index contributed by atoms with van der Waals surface area (Å²) < 4.78 is 25.8. The number of amides is 2. The molecule has 3 saturated heterocycles. The van der Waals surface area contributed by atoms with Gasteiger partial charge in [-0.25, -0.2) is 14.2 Å². The summed E-state index contributed by atoms with van der Waals surface area (Å²) in [4.78, 5) is 48.4. The van der Waals surface area contributed by atoms with E-state index in [1.807, 2.05) is 11.0 Å². The highest BCUT2D eigenvalue weighted by molar-refractivity contribution is 5.91. The van der Waals surface area contributed by atoms with Crippen molar-refractivity contribution in [3.8, 4) is 11.1 Å². The highest BCUT2D eigenvalue weighted by atomic mass is 19.1. The third kappa shape index (κ3) is 5.87. The molecule has 3 fully saturated rings. The summed E-state index contributed by atoms with van der Waals surface area (Å²) >= 11 is 0. The van der Waals surface area contributed by atoms with Gasteiger partial charge in [0.25, 0.3) is 0 Å². The third-order valence-corrected chi connectivity index (χ3v) is 7.44. The predicted octanol–water partition coefficient (Wildman–Crippen LogP) is 1.33. The van der Waals surface area contributed by atoms with Gasteiger partial charge in [-0.05, 0) is 30.3 Å². The number of Topliss-reactive ketones (excluding diaryl/α,β-unsaturated/α-hetero) is 1. The number of halogens is 1. The van der Waals surface area contributed by atoms with Crippen LogP contribution in [0.5, 0.6) is 0 Å². The highest BCUT2D eigenvalue weighted by Crippen LogP contribution is 2.30. The molecule has 0 bridgehead atoms. The van der Waals surface area contributed by atoms with E-state index in [1.165, 1.54) is 22.8 Å². The fourth-order valence-corrected chi connectivity index (χ4v) is 5.04. The Kier molecular flexibility index (Phi) is 8.05. The summed E-state index contributed by atoms with van der Waals surface area (Å²) in [6.45, 7) is 6.57. The van der Waals surface area contributed by atoms with Crippen LogP contribution in [0.4, 0.5) is 20.7 Å². The molecule has 2 atom stereocenters. The van der Waals surface area contributed by atoms with Crippen LogP contribution in [-0.2, 0) is 19.1 Å². The first kappa shape index (κ1) is 27.0. The number of piperazine rings is 1. The number of aromatic nitrogens is 1. The fraction of sp³-hybridized carbons (Fsp3) is 0.481. The second-order valence-electron chi connectivity index (χ2n) is 9.92. The molecule has 11 nitrogen and oxygen atoms in total. The molecule has 39 heavy (non-hydrogen) atoms. The normalized spacial score (nSPS) is 22.1. The van der Waals surface area contributed by atoms with E-state index in [-0.39, 0.29) is 24.3 Å². The lowest BCUT2D eigenvalue weighted by molar-refractivity contribution is -0.134. The summed E-state index contributed by atoms with van der Waals surface area (Å²) in [5.74, 6) is 0.0477. The Bertz CT molecular complexity index is 1220. The minimum Gasteiger partial charge on any atom is -0.423 e. The van der Waals surface area contributed by atoms with Crippen LogP contribution in [0.25, 0.3) is 11.1 Å². The van der Waals surface area contributed by atoms with Crippen molar-refractivity contribution < 1.29 is 28.2 Å². The van der Waals surface area contributed by atoms with Gasteiger partial charge >= 0.3 is 6.09 Å². The van der Waals surface area contributed by atoms with Crippen LogP contribution in [0.15, 0.2) is 36.5 Å². The van der Waals surface area contributed by atoms with Crippen LogP contribution in [0.1, 0.15) is 6.92 Å².